The Hall–Kier alpha value is -0.860. The van der Waals surface area contributed by atoms with E-state index in [0.717, 1.165) is 19.1 Å². The van der Waals surface area contributed by atoms with Gasteiger partial charge in [-0.05, 0) is 37.6 Å². The highest BCUT2D eigenvalue weighted by molar-refractivity contribution is 5.30. The molecule has 0 bridgehead atoms. The quantitative estimate of drug-likeness (QED) is 0.747. The van der Waals surface area contributed by atoms with Crippen LogP contribution in [-0.2, 0) is 13.1 Å². The van der Waals surface area contributed by atoms with E-state index >= 15 is 0 Å². The summed E-state index contributed by atoms with van der Waals surface area (Å²) in [5, 5.41) is 0. The maximum Gasteiger partial charge on any atom is 0.0241 e. The van der Waals surface area contributed by atoms with Crippen LogP contribution in [-0.4, -0.2) is 36.0 Å². The van der Waals surface area contributed by atoms with E-state index in [1.165, 1.54) is 37.1 Å². The minimum absolute atomic E-state index is 0.786. The zero-order valence-corrected chi connectivity index (χ0v) is 10.0. The predicted molar refractivity (Wildman–Crippen MR) is 66.2 cm³/mol. The van der Waals surface area contributed by atoms with E-state index in [-0.39, 0.29) is 0 Å². The zero-order valence-electron chi connectivity index (χ0n) is 10.0. The molecule has 2 nitrogen and oxygen atoms in total. The van der Waals surface area contributed by atoms with Crippen LogP contribution in [0.15, 0.2) is 24.3 Å². The summed E-state index contributed by atoms with van der Waals surface area (Å²) >= 11 is 0. The zero-order chi connectivity index (χ0) is 11.0. The maximum absolute atomic E-state index is 2.59. The summed E-state index contributed by atoms with van der Waals surface area (Å²) in [5.74, 6) is 0. The van der Waals surface area contributed by atoms with Crippen molar-refractivity contribution in [3.05, 3.63) is 35.4 Å². The summed E-state index contributed by atoms with van der Waals surface area (Å²) in [5.41, 5.74) is 3.06. The highest BCUT2D eigenvalue weighted by Gasteiger charge is 2.26. The van der Waals surface area contributed by atoms with Crippen molar-refractivity contribution in [2.75, 3.05) is 20.1 Å². The fourth-order valence-corrected chi connectivity index (χ4v) is 3.04. The lowest BCUT2D eigenvalue weighted by Crippen LogP contribution is -2.36. The molecule has 0 radical (unpaired) electrons. The molecular weight excluding hydrogens is 196 g/mol. The lowest BCUT2D eigenvalue weighted by Gasteiger charge is -2.25. The molecule has 2 heterocycles. The molecule has 0 aliphatic carbocycles. The number of benzene rings is 1. The molecule has 0 amide bonds. The van der Waals surface area contributed by atoms with Gasteiger partial charge in [-0.3, -0.25) is 4.90 Å². The summed E-state index contributed by atoms with van der Waals surface area (Å²) in [6.45, 7) is 4.83. The second-order valence-corrected chi connectivity index (χ2v) is 5.21. The molecule has 1 aromatic carbocycles. The first-order valence-corrected chi connectivity index (χ1v) is 6.32. The van der Waals surface area contributed by atoms with Gasteiger partial charge in [0.1, 0.15) is 0 Å². The van der Waals surface area contributed by atoms with Crippen molar-refractivity contribution in [3.63, 3.8) is 0 Å². The van der Waals surface area contributed by atoms with Gasteiger partial charge in [0.2, 0.25) is 0 Å². The van der Waals surface area contributed by atoms with Gasteiger partial charge in [0.15, 0.2) is 0 Å². The Morgan fingerprint density at radius 3 is 2.44 bits per heavy atom. The average Bonchev–Trinajstić information content (AvgIpc) is 2.85. The SMILES string of the molecule is CN1CCCC1CN1Cc2ccccc2C1. The van der Waals surface area contributed by atoms with Crippen LogP contribution in [0.4, 0.5) is 0 Å². The summed E-state index contributed by atoms with van der Waals surface area (Å²) in [6.07, 6.45) is 2.76. The highest BCUT2D eigenvalue weighted by atomic mass is 15.2. The molecule has 2 aliphatic heterocycles. The number of nitrogens with zero attached hydrogens (tertiary/aromatic N) is 2. The first-order chi connectivity index (χ1) is 7.83. The van der Waals surface area contributed by atoms with Crippen molar-refractivity contribution in [1.82, 2.24) is 9.80 Å². The van der Waals surface area contributed by atoms with Gasteiger partial charge in [0, 0.05) is 25.7 Å². The van der Waals surface area contributed by atoms with E-state index in [2.05, 4.69) is 41.1 Å². The number of rotatable bonds is 2. The van der Waals surface area contributed by atoms with Crippen molar-refractivity contribution < 1.29 is 0 Å². The minimum Gasteiger partial charge on any atom is -0.302 e. The minimum atomic E-state index is 0.786. The number of hydrogen-bond acceptors (Lipinski definition) is 2. The number of hydrogen-bond donors (Lipinski definition) is 0. The molecule has 0 spiro atoms. The Kier molecular flexibility index (Phi) is 2.70. The number of likely N-dealkylation sites (tertiary alicyclic amines) is 1. The third-order valence-corrected chi connectivity index (χ3v) is 4.05. The topological polar surface area (TPSA) is 6.48 Å². The molecule has 0 N–H and O–H groups in total. The molecule has 0 aromatic heterocycles. The summed E-state index contributed by atoms with van der Waals surface area (Å²) < 4.78 is 0. The average molecular weight is 216 g/mol. The van der Waals surface area contributed by atoms with Crippen LogP contribution in [0.25, 0.3) is 0 Å². The molecule has 1 saturated heterocycles. The van der Waals surface area contributed by atoms with Crippen LogP contribution in [0.2, 0.25) is 0 Å². The molecule has 3 rings (SSSR count). The predicted octanol–water partition coefficient (Wildman–Crippen LogP) is 2.10. The Labute approximate surface area is 97.9 Å². The van der Waals surface area contributed by atoms with Gasteiger partial charge in [0.25, 0.3) is 0 Å². The fraction of sp³-hybridized carbons (Fsp3) is 0.571. The van der Waals surface area contributed by atoms with Crippen molar-refractivity contribution in [3.8, 4) is 0 Å². The first-order valence-electron chi connectivity index (χ1n) is 6.32. The van der Waals surface area contributed by atoms with Crippen molar-refractivity contribution in [2.24, 2.45) is 0 Å². The Bertz CT molecular complexity index is 350. The molecule has 2 aliphatic rings. The van der Waals surface area contributed by atoms with Crippen molar-refractivity contribution in [2.45, 2.75) is 32.0 Å². The normalized spacial score (nSPS) is 26.2. The molecule has 1 unspecified atom stereocenters. The van der Waals surface area contributed by atoms with Crippen LogP contribution < -0.4 is 0 Å². The van der Waals surface area contributed by atoms with E-state index in [1.807, 2.05) is 0 Å². The van der Waals surface area contributed by atoms with Gasteiger partial charge in [-0.1, -0.05) is 24.3 Å². The van der Waals surface area contributed by atoms with E-state index in [1.54, 1.807) is 0 Å². The van der Waals surface area contributed by atoms with E-state index < -0.39 is 0 Å². The molecule has 86 valence electrons. The third kappa shape index (κ3) is 1.87. The van der Waals surface area contributed by atoms with Crippen molar-refractivity contribution in [1.29, 1.82) is 0 Å². The van der Waals surface area contributed by atoms with Crippen LogP contribution in [0, 0.1) is 0 Å². The van der Waals surface area contributed by atoms with Crippen LogP contribution in [0.5, 0.6) is 0 Å². The Morgan fingerprint density at radius 1 is 1.19 bits per heavy atom. The van der Waals surface area contributed by atoms with Gasteiger partial charge in [0.05, 0.1) is 0 Å². The van der Waals surface area contributed by atoms with Gasteiger partial charge in [-0.25, -0.2) is 0 Å². The van der Waals surface area contributed by atoms with Gasteiger partial charge in [-0.2, -0.15) is 0 Å². The molecule has 2 heteroatoms. The van der Waals surface area contributed by atoms with E-state index in [0.29, 0.717) is 0 Å². The second-order valence-electron chi connectivity index (χ2n) is 5.21. The summed E-state index contributed by atoms with van der Waals surface area (Å²) in [7, 11) is 2.26. The Balaban J connectivity index is 1.63. The molecule has 1 fully saturated rings. The van der Waals surface area contributed by atoms with Gasteiger partial charge < -0.3 is 4.90 Å². The fourth-order valence-electron chi connectivity index (χ4n) is 3.04. The molecular formula is C14H20N2. The van der Waals surface area contributed by atoms with E-state index in [9.17, 15) is 0 Å². The highest BCUT2D eigenvalue weighted by Crippen LogP contribution is 2.24. The molecule has 16 heavy (non-hydrogen) atoms. The lowest BCUT2D eigenvalue weighted by atomic mass is 10.1. The summed E-state index contributed by atoms with van der Waals surface area (Å²) in [4.78, 5) is 5.11. The number of likely N-dealkylation sites (N-methyl/N-ethyl adjacent to an activating group) is 1. The monoisotopic (exact) mass is 216 g/mol. The van der Waals surface area contributed by atoms with Gasteiger partial charge >= 0.3 is 0 Å². The number of fused-ring (bicyclic) bond motifs is 1. The summed E-state index contributed by atoms with van der Waals surface area (Å²) in [6, 6.07) is 9.64. The Morgan fingerprint density at radius 2 is 1.88 bits per heavy atom. The molecule has 1 aromatic rings. The largest absolute Gasteiger partial charge is 0.302 e. The van der Waals surface area contributed by atoms with Crippen LogP contribution in [0.1, 0.15) is 24.0 Å². The standard InChI is InChI=1S/C14H20N2/c1-15-8-4-7-14(15)11-16-9-12-5-2-3-6-13(12)10-16/h2-3,5-6,14H,4,7-11H2,1H3. The van der Waals surface area contributed by atoms with Crippen molar-refractivity contribution >= 4 is 0 Å². The smallest absolute Gasteiger partial charge is 0.0241 e. The van der Waals surface area contributed by atoms with Crippen LogP contribution >= 0.6 is 0 Å². The first kappa shape index (κ1) is 10.3. The molecule has 0 saturated carbocycles. The van der Waals surface area contributed by atoms with Gasteiger partial charge in [-0.15, -0.1) is 0 Å². The lowest BCUT2D eigenvalue weighted by molar-refractivity contribution is 0.194. The second kappa shape index (κ2) is 4.19. The molecule has 1 atom stereocenters. The van der Waals surface area contributed by atoms with Crippen LogP contribution in [0.3, 0.4) is 0 Å². The maximum atomic E-state index is 2.59. The van der Waals surface area contributed by atoms with E-state index in [4.69, 9.17) is 0 Å². The third-order valence-electron chi connectivity index (χ3n) is 4.05.